The molecule has 0 unspecified atom stereocenters. The van der Waals surface area contributed by atoms with Gasteiger partial charge in [-0.15, -0.1) is 59.6 Å². The Hall–Kier alpha value is -5.39. The van der Waals surface area contributed by atoms with Crippen LogP contribution in [0.25, 0.3) is 72.3 Å². The molecule has 0 atom stereocenters. The molecule has 0 N–H and O–H groups in total. The van der Waals surface area contributed by atoms with Crippen LogP contribution in [0.2, 0.25) is 19.6 Å². The van der Waals surface area contributed by atoms with Crippen molar-refractivity contribution in [3.05, 3.63) is 169 Å². The molecule has 0 bridgehead atoms. The van der Waals surface area contributed by atoms with Crippen LogP contribution in [0.1, 0.15) is 61.7 Å². The Bertz CT molecular complexity index is 2990. The van der Waals surface area contributed by atoms with Crippen molar-refractivity contribution >= 4 is 46.1 Å². The molecule has 0 aliphatic rings. The van der Waals surface area contributed by atoms with Crippen LogP contribution >= 0.6 is 0 Å². The molecule has 0 amide bonds. The van der Waals surface area contributed by atoms with Crippen molar-refractivity contribution in [3.8, 4) is 39.5 Å². The molecule has 9 rings (SSSR count). The number of fused-ring (bicyclic) bond motifs is 4. The molecule has 1 radical (unpaired) electrons. The quantitative estimate of drug-likeness (QED) is 0.112. The monoisotopic (exact) mass is 968 g/mol. The second kappa shape index (κ2) is 17.4. The zero-order valence-corrected chi connectivity index (χ0v) is 38.5. The van der Waals surface area contributed by atoms with Gasteiger partial charge < -0.3 is 14.1 Å². The molecule has 0 saturated heterocycles. The van der Waals surface area contributed by atoms with Crippen molar-refractivity contribution in [2.24, 2.45) is 0 Å². The van der Waals surface area contributed by atoms with Gasteiger partial charge in [0.25, 0.3) is 0 Å². The van der Waals surface area contributed by atoms with Gasteiger partial charge in [-0.1, -0.05) is 132 Å². The molecule has 4 nitrogen and oxygen atoms in total. The summed E-state index contributed by atoms with van der Waals surface area (Å²) >= 11 is 0. The molecule has 9 aromatic rings. The second-order valence-electron chi connectivity index (χ2n) is 16.6. The van der Waals surface area contributed by atoms with Crippen LogP contribution in [-0.2, 0) is 26.7 Å². The fraction of sp³-hybridized carbons (Fsp3) is 0.208. The van der Waals surface area contributed by atoms with Crippen molar-refractivity contribution in [2.75, 3.05) is 0 Å². The van der Waals surface area contributed by atoms with E-state index >= 15 is 0 Å². The van der Waals surface area contributed by atoms with Crippen LogP contribution in [0.5, 0.6) is 0 Å². The maximum Gasteiger partial charge on any atom is 0.0795 e. The Labute approximate surface area is 368 Å². The number of imidazole rings is 1. The number of para-hydroxylation sites is 3. The van der Waals surface area contributed by atoms with Crippen LogP contribution in [-0.4, -0.2) is 27.2 Å². The molecular weight excluding hydrogens is 913 g/mol. The van der Waals surface area contributed by atoms with E-state index in [2.05, 4.69) is 190 Å². The Morgan fingerprint density at radius 3 is 2.05 bits per heavy atom. The topological polar surface area (TPSA) is 35.6 Å². The number of rotatable bonds is 8. The van der Waals surface area contributed by atoms with Crippen LogP contribution in [0.4, 0.5) is 0 Å². The van der Waals surface area contributed by atoms with Crippen LogP contribution in [0, 0.1) is 12.1 Å². The maximum atomic E-state index is 7.64. The maximum absolute atomic E-state index is 7.64. The SMILES string of the molecule is CCn1c2c[c-]c(-c3nc4ccccc4n3-c3c(C(C)C)cccc3C(C)C)cc2c2cc(-c3ccccc3)ccc21.[2H]c1[c-]c(-c2ccc([Si](C)(C)C)cn2)cc([2H])c1[2H].[Ir]. The number of hydrogen-bond acceptors (Lipinski definition) is 2. The molecule has 6 aromatic carbocycles. The minimum absolute atomic E-state index is 0. The largest absolute Gasteiger partial charge is 0.381 e. The van der Waals surface area contributed by atoms with E-state index in [9.17, 15) is 0 Å². The first-order valence-corrected chi connectivity index (χ1v) is 23.9. The molecule has 6 heteroatoms. The smallest absolute Gasteiger partial charge is 0.0795 e. The third-order valence-electron chi connectivity index (χ3n) is 11.0. The predicted molar refractivity (Wildman–Crippen MR) is 249 cm³/mol. The Balaban J connectivity index is 0.000000244. The molecule has 3 aromatic heterocycles. The molecule has 0 spiro atoms. The summed E-state index contributed by atoms with van der Waals surface area (Å²) in [6, 6.07) is 49.1. The van der Waals surface area contributed by atoms with Crippen molar-refractivity contribution in [1.82, 2.24) is 19.1 Å². The van der Waals surface area contributed by atoms with E-state index in [1.165, 1.54) is 61.0 Å². The summed E-state index contributed by atoms with van der Waals surface area (Å²) in [6.07, 6.45) is 1.87. The van der Waals surface area contributed by atoms with E-state index in [0.717, 1.165) is 29.0 Å². The molecule has 0 fully saturated rings. The first-order chi connectivity index (χ1) is 29.2. The van der Waals surface area contributed by atoms with Gasteiger partial charge in [0.05, 0.1) is 24.9 Å². The molecular formula is C53H52IrN4Si-2. The van der Waals surface area contributed by atoms with E-state index in [0.29, 0.717) is 23.1 Å². The fourth-order valence-electron chi connectivity index (χ4n) is 7.94. The number of aromatic nitrogens is 4. The van der Waals surface area contributed by atoms with Gasteiger partial charge in [-0.2, -0.15) is 0 Å². The van der Waals surface area contributed by atoms with Crippen molar-refractivity contribution in [1.29, 1.82) is 0 Å². The Morgan fingerprint density at radius 1 is 0.678 bits per heavy atom. The summed E-state index contributed by atoms with van der Waals surface area (Å²) in [5.74, 6) is 1.68. The molecule has 59 heavy (non-hydrogen) atoms. The molecule has 0 saturated carbocycles. The molecule has 0 aliphatic carbocycles. The summed E-state index contributed by atoms with van der Waals surface area (Å²) in [5.41, 5.74) is 13.3. The Kier molecular flexibility index (Phi) is 11.2. The average Bonchev–Trinajstić information content (AvgIpc) is 3.80. The average molecular weight is 968 g/mol. The third-order valence-corrected chi connectivity index (χ3v) is 13.1. The van der Waals surface area contributed by atoms with Crippen molar-refractivity contribution in [3.63, 3.8) is 0 Å². The predicted octanol–water partition coefficient (Wildman–Crippen LogP) is 13.6. The van der Waals surface area contributed by atoms with E-state index in [1.54, 1.807) is 0 Å². The Morgan fingerprint density at radius 2 is 1.39 bits per heavy atom. The van der Waals surface area contributed by atoms with Gasteiger partial charge in [-0.25, -0.2) is 0 Å². The van der Waals surface area contributed by atoms with Gasteiger partial charge in [-0.05, 0) is 88.4 Å². The van der Waals surface area contributed by atoms with E-state index in [-0.39, 0.29) is 38.2 Å². The van der Waals surface area contributed by atoms with Crippen molar-refractivity contribution < 1.29 is 24.2 Å². The van der Waals surface area contributed by atoms with Gasteiger partial charge in [0.1, 0.15) is 0 Å². The van der Waals surface area contributed by atoms with E-state index in [4.69, 9.17) is 9.10 Å². The molecule has 3 heterocycles. The summed E-state index contributed by atoms with van der Waals surface area (Å²) in [7, 11) is -1.36. The second-order valence-corrected chi connectivity index (χ2v) is 21.7. The van der Waals surface area contributed by atoms with Crippen LogP contribution < -0.4 is 5.19 Å². The van der Waals surface area contributed by atoms with Crippen molar-refractivity contribution in [2.45, 2.75) is 72.6 Å². The zero-order chi connectivity index (χ0) is 43.2. The van der Waals surface area contributed by atoms with Gasteiger partial charge in [-0.3, -0.25) is 4.98 Å². The number of aryl methyl sites for hydroxylation is 1. The summed E-state index contributed by atoms with van der Waals surface area (Å²) < 4.78 is 27.5. The molecule has 299 valence electrons. The van der Waals surface area contributed by atoms with Crippen LogP contribution in [0.15, 0.2) is 146 Å². The number of benzene rings is 6. The summed E-state index contributed by atoms with van der Waals surface area (Å²) in [4.78, 5) is 9.67. The minimum Gasteiger partial charge on any atom is -0.381 e. The normalized spacial score (nSPS) is 12.3. The van der Waals surface area contributed by atoms with Crippen LogP contribution in [0.3, 0.4) is 0 Å². The van der Waals surface area contributed by atoms with Gasteiger partial charge in [0.2, 0.25) is 0 Å². The first-order valence-electron chi connectivity index (χ1n) is 21.9. The third kappa shape index (κ3) is 8.27. The number of hydrogen-bond donors (Lipinski definition) is 0. The van der Waals surface area contributed by atoms with Gasteiger partial charge in [0, 0.05) is 46.8 Å². The first kappa shape index (κ1) is 37.8. The zero-order valence-electron chi connectivity index (χ0n) is 38.1. The van der Waals surface area contributed by atoms with Gasteiger partial charge >= 0.3 is 0 Å². The van der Waals surface area contributed by atoms with Gasteiger partial charge in [0.15, 0.2) is 0 Å². The van der Waals surface area contributed by atoms with E-state index < -0.39 is 8.07 Å². The van der Waals surface area contributed by atoms with E-state index in [1.807, 2.05) is 12.3 Å². The summed E-state index contributed by atoms with van der Waals surface area (Å²) in [6.45, 7) is 19.0. The fourth-order valence-corrected chi connectivity index (χ4v) is 8.97. The summed E-state index contributed by atoms with van der Waals surface area (Å²) in [5, 5.41) is 3.76. The minimum atomic E-state index is -1.36. The molecule has 0 aliphatic heterocycles. The number of pyridine rings is 1. The standard InChI is InChI=1S/C39H36N3.C14H16NSi.Ir/c1-6-41-35-21-19-28(27-13-8-7-9-14-27)23-32(35)33-24-29(20-22-36(33)41)39-40-34-17-10-11-18-37(34)42(39)38-30(25(2)3)15-12-16-31(38)26(4)5;1-16(2,3)13-9-10-14(15-11-13)12-7-5-4-6-8-12;/h7-19,21-26H,6H2,1-5H3;4-7,9-11H,1-3H3;/q2*-1;/i;4D,5D,6D;. The number of nitrogens with zero attached hydrogens (tertiary/aromatic N) is 4.